The van der Waals surface area contributed by atoms with E-state index in [9.17, 15) is 27.2 Å². The number of carbonyl (C=O) groups excluding carboxylic acids is 2. The number of benzene rings is 1. The molecule has 18 heavy (non-hydrogen) atoms. The van der Waals surface area contributed by atoms with Crippen LogP contribution in [0.4, 0.5) is 17.6 Å². The number of hydrogen-bond donors (Lipinski definition) is 0. The molecule has 0 radical (unpaired) electrons. The van der Waals surface area contributed by atoms with Crippen molar-refractivity contribution in [3.63, 3.8) is 0 Å². The van der Waals surface area contributed by atoms with Crippen molar-refractivity contribution in [2.75, 3.05) is 0 Å². The first-order valence-corrected chi connectivity index (χ1v) is 4.48. The molecular weight excluding hydrogens is 260 g/mol. The SMILES string of the molecule is CC(=O)Oc1c(F)c(F)c(OC(C)=O)c(F)c1F. The first-order chi connectivity index (χ1) is 8.25. The topological polar surface area (TPSA) is 52.6 Å². The molecule has 0 heterocycles. The third-order valence-corrected chi connectivity index (χ3v) is 1.67. The standard InChI is InChI=1S/C10H6F4O4/c1-3(15)17-9-5(11)7(13)10(18-4(2)16)8(14)6(9)12/h1-2H3. The molecular formula is C10H6F4O4. The van der Waals surface area contributed by atoms with Crippen LogP contribution in [0.25, 0.3) is 0 Å². The van der Waals surface area contributed by atoms with E-state index >= 15 is 0 Å². The second-order valence-electron chi connectivity index (χ2n) is 3.10. The third kappa shape index (κ3) is 2.58. The van der Waals surface area contributed by atoms with Gasteiger partial charge in [-0.05, 0) is 0 Å². The zero-order chi connectivity index (χ0) is 14.0. The fraction of sp³-hybridized carbons (Fsp3) is 0.200. The van der Waals surface area contributed by atoms with Gasteiger partial charge in [-0.25, -0.2) is 0 Å². The van der Waals surface area contributed by atoms with Crippen molar-refractivity contribution in [1.82, 2.24) is 0 Å². The van der Waals surface area contributed by atoms with Gasteiger partial charge in [0, 0.05) is 13.8 Å². The summed E-state index contributed by atoms with van der Waals surface area (Å²) in [6.07, 6.45) is 0. The minimum atomic E-state index is -1.97. The van der Waals surface area contributed by atoms with Crippen molar-refractivity contribution >= 4 is 11.9 Å². The molecule has 98 valence electrons. The predicted molar refractivity (Wildman–Crippen MR) is 48.9 cm³/mol. The van der Waals surface area contributed by atoms with Crippen molar-refractivity contribution < 1.29 is 36.6 Å². The van der Waals surface area contributed by atoms with E-state index in [0.717, 1.165) is 13.8 Å². The van der Waals surface area contributed by atoms with E-state index in [0.29, 0.717) is 0 Å². The summed E-state index contributed by atoms with van der Waals surface area (Å²) < 4.78 is 61.0. The zero-order valence-electron chi connectivity index (χ0n) is 9.14. The van der Waals surface area contributed by atoms with Crippen LogP contribution in [0.15, 0.2) is 0 Å². The number of ether oxygens (including phenoxy) is 2. The van der Waals surface area contributed by atoms with E-state index in [1.54, 1.807) is 0 Å². The highest BCUT2D eigenvalue weighted by Crippen LogP contribution is 2.34. The molecule has 0 saturated carbocycles. The molecule has 0 atom stereocenters. The third-order valence-electron chi connectivity index (χ3n) is 1.67. The van der Waals surface area contributed by atoms with Gasteiger partial charge < -0.3 is 9.47 Å². The predicted octanol–water partition coefficient (Wildman–Crippen LogP) is 2.09. The van der Waals surface area contributed by atoms with E-state index in [1.807, 2.05) is 0 Å². The van der Waals surface area contributed by atoms with Crippen LogP contribution >= 0.6 is 0 Å². The lowest BCUT2D eigenvalue weighted by molar-refractivity contribution is -0.133. The van der Waals surface area contributed by atoms with Crippen LogP contribution in [0.2, 0.25) is 0 Å². The summed E-state index contributed by atoms with van der Waals surface area (Å²) in [6, 6.07) is 0. The van der Waals surface area contributed by atoms with Gasteiger partial charge in [-0.2, -0.15) is 17.6 Å². The van der Waals surface area contributed by atoms with Gasteiger partial charge in [-0.15, -0.1) is 0 Å². The Balaban J connectivity index is 3.44. The highest BCUT2D eigenvalue weighted by Gasteiger charge is 2.29. The molecule has 0 aliphatic heterocycles. The van der Waals surface area contributed by atoms with Gasteiger partial charge >= 0.3 is 11.9 Å². The molecule has 0 unspecified atom stereocenters. The molecule has 0 aliphatic rings. The fourth-order valence-electron chi connectivity index (χ4n) is 1.06. The smallest absolute Gasteiger partial charge is 0.308 e. The summed E-state index contributed by atoms with van der Waals surface area (Å²) in [6.45, 7) is 1.57. The lowest BCUT2D eigenvalue weighted by Crippen LogP contribution is -2.12. The van der Waals surface area contributed by atoms with Gasteiger partial charge in [0.25, 0.3) is 0 Å². The lowest BCUT2D eigenvalue weighted by Gasteiger charge is -2.10. The summed E-state index contributed by atoms with van der Waals surface area (Å²) >= 11 is 0. The van der Waals surface area contributed by atoms with Crippen LogP contribution in [-0.4, -0.2) is 11.9 Å². The van der Waals surface area contributed by atoms with E-state index in [-0.39, 0.29) is 0 Å². The summed E-state index contributed by atoms with van der Waals surface area (Å²) in [4.78, 5) is 21.0. The van der Waals surface area contributed by atoms with Crippen molar-refractivity contribution in [2.24, 2.45) is 0 Å². The molecule has 0 fully saturated rings. The Morgan fingerprint density at radius 2 is 0.944 bits per heavy atom. The van der Waals surface area contributed by atoms with Crippen molar-refractivity contribution in [3.05, 3.63) is 23.3 Å². The number of esters is 2. The minimum Gasteiger partial charge on any atom is -0.420 e. The van der Waals surface area contributed by atoms with Crippen LogP contribution in [0.1, 0.15) is 13.8 Å². The van der Waals surface area contributed by atoms with E-state index in [1.165, 1.54) is 0 Å². The lowest BCUT2D eigenvalue weighted by atomic mass is 10.2. The normalized spacial score (nSPS) is 10.1. The van der Waals surface area contributed by atoms with Crippen LogP contribution in [0, 0.1) is 23.3 Å². The molecule has 8 heteroatoms. The Bertz CT molecular complexity index is 451. The Morgan fingerprint density at radius 1 is 0.722 bits per heavy atom. The maximum absolute atomic E-state index is 13.3. The second kappa shape index (κ2) is 5.03. The highest BCUT2D eigenvalue weighted by atomic mass is 19.2. The average Bonchev–Trinajstić information content (AvgIpc) is 2.27. The van der Waals surface area contributed by atoms with Gasteiger partial charge in [-0.3, -0.25) is 9.59 Å². The van der Waals surface area contributed by atoms with Crippen molar-refractivity contribution in [2.45, 2.75) is 13.8 Å². The summed E-state index contributed by atoms with van der Waals surface area (Å²) in [5.41, 5.74) is 0. The fourth-order valence-corrected chi connectivity index (χ4v) is 1.06. The van der Waals surface area contributed by atoms with Crippen molar-refractivity contribution in [3.8, 4) is 11.5 Å². The Hall–Kier alpha value is -2.12. The minimum absolute atomic E-state index is 0.786. The monoisotopic (exact) mass is 266 g/mol. The van der Waals surface area contributed by atoms with Gasteiger partial charge in [0.2, 0.25) is 34.8 Å². The van der Waals surface area contributed by atoms with E-state index in [2.05, 4.69) is 9.47 Å². The largest absolute Gasteiger partial charge is 0.420 e. The van der Waals surface area contributed by atoms with Gasteiger partial charge in [0.1, 0.15) is 0 Å². The molecule has 0 saturated heterocycles. The van der Waals surface area contributed by atoms with Crippen LogP contribution in [0.5, 0.6) is 11.5 Å². The Labute approximate surface area is 98.1 Å². The molecule has 0 bridgehead atoms. The number of rotatable bonds is 2. The molecule has 1 aromatic carbocycles. The average molecular weight is 266 g/mol. The second-order valence-corrected chi connectivity index (χ2v) is 3.10. The highest BCUT2D eigenvalue weighted by molar-refractivity contribution is 5.71. The first kappa shape index (κ1) is 13.9. The molecule has 4 nitrogen and oxygen atoms in total. The number of hydrogen-bond acceptors (Lipinski definition) is 4. The molecule has 1 aromatic rings. The number of halogens is 4. The first-order valence-electron chi connectivity index (χ1n) is 4.48. The van der Waals surface area contributed by atoms with Gasteiger partial charge in [0.15, 0.2) is 0 Å². The van der Waals surface area contributed by atoms with Crippen LogP contribution in [0.3, 0.4) is 0 Å². The van der Waals surface area contributed by atoms with Crippen LogP contribution in [-0.2, 0) is 9.59 Å². The summed E-state index contributed by atoms with van der Waals surface area (Å²) in [5.74, 6) is -13.3. The Morgan fingerprint density at radius 3 is 1.11 bits per heavy atom. The van der Waals surface area contributed by atoms with Gasteiger partial charge in [0.05, 0.1) is 0 Å². The van der Waals surface area contributed by atoms with Crippen LogP contribution < -0.4 is 9.47 Å². The maximum atomic E-state index is 13.3. The van der Waals surface area contributed by atoms with Gasteiger partial charge in [-0.1, -0.05) is 0 Å². The molecule has 1 rings (SSSR count). The summed E-state index contributed by atoms with van der Waals surface area (Å²) in [7, 11) is 0. The molecule has 0 N–H and O–H groups in total. The Kier molecular flexibility index (Phi) is 3.89. The van der Waals surface area contributed by atoms with E-state index < -0.39 is 46.7 Å². The molecule has 0 aliphatic carbocycles. The van der Waals surface area contributed by atoms with E-state index in [4.69, 9.17) is 0 Å². The molecule has 0 spiro atoms. The number of carbonyl (C=O) groups is 2. The zero-order valence-corrected chi connectivity index (χ0v) is 9.14. The molecule has 0 aromatic heterocycles. The summed E-state index contributed by atoms with van der Waals surface area (Å²) in [5, 5.41) is 0. The van der Waals surface area contributed by atoms with Crippen molar-refractivity contribution in [1.29, 1.82) is 0 Å². The molecule has 0 amide bonds. The maximum Gasteiger partial charge on any atom is 0.308 e. The quantitative estimate of drug-likeness (QED) is 0.356.